The molecule has 2 aromatic carbocycles. The second-order valence-electron chi connectivity index (χ2n) is 8.95. The zero-order valence-corrected chi connectivity index (χ0v) is 19.6. The van der Waals surface area contributed by atoms with Crippen LogP contribution in [0.2, 0.25) is 0 Å². The SMILES string of the molecule is O=C(NCc1ccc(-c2ccc(F)cc2)o1)C1CCN(S(=O)(=O)c2ccc3c(c2)CCC3)CC1. The predicted molar refractivity (Wildman–Crippen MR) is 126 cm³/mol. The minimum absolute atomic E-state index is 0.102. The number of aryl methyl sites for hydroxylation is 2. The molecule has 0 bridgehead atoms. The van der Waals surface area contributed by atoms with Crippen molar-refractivity contribution in [2.45, 2.75) is 43.5 Å². The monoisotopic (exact) mass is 482 g/mol. The van der Waals surface area contributed by atoms with E-state index < -0.39 is 10.0 Å². The molecule has 1 fully saturated rings. The van der Waals surface area contributed by atoms with Crippen LogP contribution in [0.25, 0.3) is 11.3 Å². The predicted octanol–water partition coefficient (Wildman–Crippen LogP) is 4.29. The quantitative estimate of drug-likeness (QED) is 0.568. The first-order chi connectivity index (χ1) is 16.4. The van der Waals surface area contributed by atoms with Crippen molar-refractivity contribution in [3.05, 3.63) is 77.3 Å². The topological polar surface area (TPSA) is 79.6 Å². The summed E-state index contributed by atoms with van der Waals surface area (Å²) >= 11 is 0. The molecule has 0 unspecified atom stereocenters. The normalized spacial score (nSPS) is 17.0. The molecule has 5 rings (SSSR count). The molecule has 1 amide bonds. The maximum Gasteiger partial charge on any atom is 0.243 e. The molecule has 1 N–H and O–H groups in total. The van der Waals surface area contributed by atoms with E-state index in [2.05, 4.69) is 5.32 Å². The number of piperidine rings is 1. The molecule has 2 aliphatic rings. The van der Waals surface area contributed by atoms with Crippen molar-refractivity contribution in [2.75, 3.05) is 13.1 Å². The van der Waals surface area contributed by atoms with Gasteiger partial charge in [-0.25, -0.2) is 12.8 Å². The number of carbonyl (C=O) groups is 1. The zero-order chi connectivity index (χ0) is 23.7. The van der Waals surface area contributed by atoms with E-state index in [4.69, 9.17) is 4.42 Å². The molecule has 3 aromatic rings. The van der Waals surface area contributed by atoms with Gasteiger partial charge in [0, 0.05) is 24.6 Å². The molecule has 0 atom stereocenters. The fourth-order valence-electron chi connectivity index (χ4n) is 4.78. The maximum absolute atomic E-state index is 13.1. The molecule has 0 spiro atoms. The highest BCUT2D eigenvalue weighted by atomic mass is 32.2. The molecule has 34 heavy (non-hydrogen) atoms. The van der Waals surface area contributed by atoms with Gasteiger partial charge in [0.15, 0.2) is 0 Å². The van der Waals surface area contributed by atoms with Crippen LogP contribution in [-0.2, 0) is 34.2 Å². The van der Waals surface area contributed by atoms with E-state index in [0.717, 1.165) is 30.4 Å². The number of benzene rings is 2. The smallest absolute Gasteiger partial charge is 0.243 e. The number of rotatable bonds is 6. The van der Waals surface area contributed by atoms with Crippen LogP contribution in [-0.4, -0.2) is 31.7 Å². The minimum atomic E-state index is -3.55. The van der Waals surface area contributed by atoms with Crippen LogP contribution < -0.4 is 5.32 Å². The summed E-state index contributed by atoms with van der Waals surface area (Å²) in [6.45, 7) is 0.896. The molecule has 0 saturated carbocycles. The van der Waals surface area contributed by atoms with E-state index in [1.165, 1.54) is 22.0 Å². The third kappa shape index (κ3) is 4.65. The molecule has 6 nitrogen and oxygen atoms in total. The summed E-state index contributed by atoms with van der Waals surface area (Å²) in [5.41, 5.74) is 3.14. The summed E-state index contributed by atoms with van der Waals surface area (Å²) in [6.07, 6.45) is 3.98. The Morgan fingerprint density at radius 1 is 1.00 bits per heavy atom. The highest BCUT2D eigenvalue weighted by molar-refractivity contribution is 7.89. The summed E-state index contributed by atoms with van der Waals surface area (Å²) in [5.74, 6) is 0.555. The lowest BCUT2D eigenvalue weighted by Gasteiger charge is -2.30. The van der Waals surface area contributed by atoms with Crippen molar-refractivity contribution in [1.82, 2.24) is 9.62 Å². The summed E-state index contributed by atoms with van der Waals surface area (Å²) in [5, 5.41) is 2.90. The molecule has 8 heteroatoms. The summed E-state index contributed by atoms with van der Waals surface area (Å²) in [6, 6.07) is 15.1. The van der Waals surface area contributed by atoms with E-state index in [9.17, 15) is 17.6 Å². The van der Waals surface area contributed by atoms with Gasteiger partial charge < -0.3 is 9.73 Å². The van der Waals surface area contributed by atoms with E-state index in [1.54, 1.807) is 30.3 Å². The lowest BCUT2D eigenvalue weighted by atomic mass is 9.97. The Bertz CT molecular complexity index is 1290. The standard InChI is InChI=1S/C26H27FN2O4S/c27-22-7-4-19(5-8-22)25-11-9-23(33-25)17-28-26(30)20-12-14-29(15-13-20)34(31,32)24-10-6-18-2-1-3-21(18)16-24/h4-11,16,20H,1-3,12-15,17H2,(H,28,30). The van der Waals surface area contributed by atoms with Crippen molar-refractivity contribution in [3.8, 4) is 11.3 Å². The second kappa shape index (κ2) is 9.35. The van der Waals surface area contributed by atoms with E-state index in [1.807, 2.05) is 12.1 Å². The first-order valence-corrected chi connectivity index (χ1v) is 13.1. The molecular weight excluding hydrogens is 455 g/mol. The molecule has 1 aromatic heterocycles. The van der Waals surface area contributed by atoms with Crippen molar-refractivity contribution >= 4 is 15.9 Å². The van der Waals surface area contributed by atoms with Crippen molar-refractivity contribution in [3.63, 3.8) is 0 Å². The average molecular weight is 483 g/mol. The number of furan rings is 1. The average Bonchev–Trinajstić information content (AvgIpc) is 3.52. The van der Waals surface area contributed by atoms with Gasteiger partial charge in [0.2, 0.25) is 15.9 Å². The van der Waals surface area contributed by atoms with Crippen LogP contribution in [0.15, 0.2) is 63.9 Å². The molecule has 2 heterocycles. The largest absolute Gasteiger partial charge is 0.459 e. The number of hydrogen-bond donors (Lipinski definition) is 1. The van der Waals surface area contributed by atoms with Crippen molar-refractivity contribution in [2.24, 2.45) is 5.92 Å². The molecular formula is C26H27FN2O4S. The fraction of sp³-hybridized carbons (Fsp3) is 0.346. The fourth-order valence-corrected chi connectivity index (χ4v) is 6.30. The molecule has 1 saturated heterocycles. The summed E-state index contributed by atoms with van der Waals surface area (Å²) in [4.78, 5) is 13.0. The Balaban J connectivity index is 1.14. The van der Waals surface area contributed by atoms with E-state index in [-0.39, 0.29) is 24.2 Å². The van der Waals surface area contributed by atoms with Crippen molar-refractivity contribution < 1.29 is 22.0 Å². The number of halogens is 1. The lowest BCUT2D eigenvalue weighted by Crippen LogP contribution is -2.42. The number of carbonyl (C=O) groups excluding carboxylic acids is 1. The van der Waals surface area contributed by atoms with Crippen LogP contribution in [0.3, 0.4) is 0 Å². The van der Waals surface area contributed by atoms with Gasteiger partial charge in [-0.05, 0) is 91.8 Å². The van der Waals surface area contributed by atoms with Crippen LogP contribution in [0.1, 0.15) is 36.1 Å². The summed E-state index contributed by atoms with van der Waals surface area (Å²) < 4.78 is 46.6. The third-order valence-corrected chi connectivity index (χ3v) is 8.65. The molecule has 1 aliphatic carbocycles. The number of amides is 1. The molecule has 178 valence electrons. The van der Waals surface area contributed by atoms with Gasteiger partial charge >= 0.3 is 0 Å². The van der Waals surface area contributed by atoms with Gasteiger partial charge in [0.25, 0.3) is 0 Å². The number of hydrogen-bond acceptors (Lipinski definition) is 4. The number of nitrogens with zero attached hydrogens (tertiary/aromatic N) is 1. The highest BCUT2D eigenvalue weighted by Gasteiger charge is 2.32. The number of fused-ring (bicyclic) bond motifs is 1. The van der Waals surface area contributed by atoms with Gasteiger partial charge in [-0.15, -0.1) is 0 Å². The van der Waals surface area contributed by atoms with Gasteiger partial charge in [0.1, 0.15) is 17.3 Å². The highest BCUT2D eigenvalue weighted by Crippen LogP contribution is 2.29. The number of sulfonamides is 1. The maximum atomic E-state index is 13.1. The van der Waals surface area contributed by atoms with Crippen LogP contribution in [0, 0.1) is 11.7 Å². The minimum Gasteiger partial charge on any atom is -0.459 e. The summed E-state index contributed by atoms with van der Waals surface area (Å²) in [7, 11) is -3.55. The van der Waals surface area contributed by atoms with Gasteiger partial charge in [-0.2, -0.15) is 4.31 Å². The third-order valence-electron chi connectivity index (χ3n) is 6.76. The van der Waals surface area contributed by atoms with Gasteiger partial charge in [-0.3, -0.25) is 4.79 Å². The zero-order valence-electron chi connectivity index (χ0n) is 18.8. The van der Waals surface area contributed by atoms with E-state index >= 15 is 0 Å². The Morgan fingerprint density at radius 2 is 1.74 bits per heavy atom. The Kier molecular flexibility index (Phi) is 6.27. The number of nitrogens with one attached hydrogen (secondary N) is 1. The lowest BCUT2D eigenvalue weighted by molar-refractivity contribution is -0.126. The van der Waals surface area contributed by atoms with Crippen molar-refractivity contribution in [1.29, 1.82) is 0 Å². The molecule has 0 radical (unpaired) electrons. The second-order valence-corrected chi connectivity index (χ2v) is 10.9. The first-order valence-electron chi connectivity index (χ1n) is 11.6. The Hall–Kier alpha value is -2.97. The first kappa shape index (κ1) is 22.8. The van der Waals surface area contributed by atoms with Crippen LogP contribution in [0.5, 0.6) is 0 Å². The van der Waals surface area contributed by atoms with Crippen LogP contribution >= 0.6 is 0 Å². The van der Waals surface area contributed by atoms with Gasteiger partial charge in [0.05, 0.1) is 11.4 Å². The van der Waals surface area contributed by atoms with E-state index in [0.29, 0.717) is 42.3 Å². The molecule has 1 aliphatic heterocycles. The Labute approximate surface area is 198 Å². The Morgan fingerprint density at radius 3 is 2.50 bits per heavy atom. The van der Waals surface area contributed by atoms with Crippen LogP contribution in [0.4, 0.5) is 4.39 Å². The van der Waals surface area contributed by atoms with Gasteiger partial charge in [-0.1, -0.05) is 6.07 Å².